The molecule has 0 saturated heterocycles. The van der Waals surface area contributed by atoms with Crippen LogP contribution in [0, 0.1) is 12.3 Å². The summed E-state index contributed by atoms with van der Waals surface area (Å²) in [6, 6.07) is 3.60. The van der Waals surface area contributed by atoms with Crippen LogP contribution in [0.4, 0.5) is 0 Å². The molecule has 0 radical (unpaired) electrons. The molecule has 1 atom stereocenters. The van der Waals surface area contributed by atoms with Gasteiger partial charge in [-0.25, -0.2) is 0 Å². The highest BCUT2D eigenvalue weighted by Crippen LogP contribution is 2.25. The Hall–Kier alpha value is -2.19. The van der Waals surface area contributed by atoms with Gasteiger partial charge in [-0.05, 0) is 24.1 Å². The van der Waals surface area contributed by atoms with E-state index in [-0.39, 0.29) is 30.4 Å². The normalized spacial score (nSPS) is 11.6. The Labute approximate surface area is 106 Å². The van der Waals surface area contributed by atoms with E-state index in [1.54, 1.807) is 13.1 Å². The van der Waals surface area contributed by atoms with Gasteiger partial charge in [-0.3, -0.25) is 4.79 Å². The minimum Gasteiger partial charge on any atom is -0.504 e. The molecule has 1 rings (SSSR count). The predicted molar refractivity (Wildman–Crippen MR) is 67.9 cm³/mol. The van der Waals surface area contributed by atoms with Gasteiger partial charge in [-0.1, -0.05) is 12.0 Å². The molecule has 1 aromatic carbocycles. The van der Waals surface area contributed by atoms with Crippen LogP contribution in [0.5, 0.6) is 11.5 Å². The third-order valence-electron chi connectivity index (χ3n) is 2.52. The maximum absolute atomic E-state index is 11.8. The lowest BCUT2D eigenvalue weighted by Crippen LogP contribution is -2.43. The SMILES string of the molecule is C#CCN(C)C(=O)[C@@H](N)Cc1ccc(O)c(O)c1. The van der Waals surface area contributed by atoms with E-state index in [0.29, 0.717) is 5.56 Å². The summed E-state index contributed by atoms with van der Waals surface area (Å²) in [7, 11) is 1.58. The highest BCUT2D eigenvalue weighted by molar-refractivity contribution is 5.82. The Morgan fingerprint density at radius 1 is 1.50 bits per heavy atom. The summed E-state index contributed by atoms with van der Waals surface area (Å²) in [6.45, 7) is 0.202. The average molecular weight is 248 g/mol. The van der Waals surface area contributed by atoms with Gasteiger partial charge in [-0.15, -0.1) is 6.42 Å². The van der Waals surface area contributed by atoms with Crippen molar-refractivity contribution in [1.82, 2.24) is 4.90 Å². The van der Waals surface area contributed by atoms with Gasteiger partial charge in [0.15, 0.2) is 11.5 Å². The summed E-state index contributed by atoms with van der Waals surface area (Å²) in [5.41, 5.74) is 6.43. The summed E-state index contributed by atoms with van der Waals surface area (Å²) >= 11 is 0. The standard InChI is InChI=1S/C13H16N2O3/c1-3-6-15(2)13(18)10(14)7-9-4-5-11(16)12(17)8-9/h1,4-5,8,10,16-17H,6-7,14H2,2H3/t10-/m0/s1. The molecular weight excluding hydrogens is 232 g/mol. The maximum atomic E-state index is 11.8. The lowest BCUT2D eigenvalue weighted by Gasteiger charge is -2.19. The summed E-state index contributed by atoms with van der Waals surface area (Å²) in [6.07, 6.45) is 5.38. The molecule has 0 spiro atoms. The molecular formula is C13H16N2O3. The van der Waals surface area contributed by atoms with Gasteiger partial charge in [0.25, 0.3) is 0 Å². The number of benzene rings is 1. The number of rotatable bonds is 4. The van der Waals surface area contributed by atoms with Gasteiger partial charge >= 0.3 is 0 Å². The maximum Gasteiger partial charge on any atom is 0.240 e. The van der Waals surface area contributed by atoms with Gasteiger partial charge in [0.2, 0.25) is 5.91 Å². The number of terminal acetylenes is 1. The fourth-order valence-electron chi connectivity index (χ4n) is 1.54. The number of hydrogen-bond acceptors (Lipinski definition) is 4. The summed E-state index contributed by atoms with van der Waals surface area (Å²) < 4.78 is 0. The van der Waals surface area contributed by atoms with Gasteiger partial charge < -0.3 is 20.8 Å². The average Bonchev–Trinajstić information content (AvgIpc) is 2.33. The Bertz CT molecular complexity index is 480. The number of amides is 1. The molecule has 0 unspecified atom stereocenters. The zero-order valence-corrected chi connectivity index (χ0v) is 10.1. The van der Waals surface area contributed by atoms with Crippen LogP contribution in [0.15, 0.2) is 18.2 Å². The van der Waals surface area contributed by atoms with Crippen LogP contribution in [-0.4, -0.2) is 40.7 Å². The Morgan fingerprint density at radius 2 is 2.17 bits per heavy atom. The van der Waals surface area contributed by atoms with Crippen molar-refractivity contribution in [2.45, 2.75) is 12.5 Å². The molecule has 4 N–H and O–H groups in total. The first-order valence-corrected chi connectivity index (χ1v) is 5.40. The molecule has 0 fully saturated rings. The molecule has 0 saturated carbocycles. The second-order valence-electron chi connectivity index (χ2n) is 4.03. The molecule has 1 aromatic rings. The molecule has 96 valence electrons. The van der Waals surface area contributed by atoms with Crippen molar-refractivity contribution in [3.05, 3.63) is 23.8 Å². The lowest BCUT2D eigenvalue weighted by molar-refractivity contribution is -0.130. The highest BCUT2D eigenvalue weighted by Gasteiger charge is 2.18. The summed E-state index contributed by atoms with van der Waals surface area (Å²) in [5, 5.41) is 18.5. The molecule has 0 aliphatic heterocycles. The van der Waals surface area contributed by atoms with E-state index in [1.165, 1.54) is 17.0 Å². The van der Waals surface area contributed by atoms with Crippen LogP contribution in [0.2, 0.25) is 0 Å². The van der Waals surface area contributed by atoms with Gasteiger partial charge in [0.05, 0.1) is 12.6 Å². The Kier molecular flexibility index (Phi) is 4.58. The van der Waals surface area contributed by atoms with E-state index in [2.05, 4.69) is 5.92 Å². The first-order valence-electron chi connectivity index (χ1n) is 5.40. The number of likely N-dealkylation sites (N-methyl/N-ethyl adjacent to an activating group) is 1. The second-order valence-corrected chi connectivity index (χ2v) is 4.03. The van der Waals surface area contributed by atoms with Crippen LogP contribution in [0.3, 0.4) is 0 Å². The molecule has 0 aromatic heterocycles. The fraction of sp³-hybridized carbons (Fsp3) is 0.308. The highest BCUT2D eigenvalue weighted by atomic mass is 16.3. The third kappa shape index (κ3) is 3.40. The third-order valence-corrected chi connectivity index (χ3v) is 2.52. The largest absolute Gasteiger partial charge is 0.504 e. The van der Waals surface area contributed by atoms with Crippen molar-refractivity contribution in [3.63, 3.8) is 0 Å². The Morgan fingerprint density at radius 3 is 2.72 bits per heavy atom. The quantitative estimate of drug-likeness (QED) is 0.519. The molecule has 1 amide bonds. The van der Waals surface area contributed by atoms with Crippen molar-refractivity contribution >= 4 is 5.91 Å². The number of hydrogen-bond donors (Lipinski definition) is 3. The summed E-state index contributed by atoms with van der Waals surface area (Å²) in [4.78, 5) is 13.1. The smallest absolute Gasteiger partial charge is 0.240 e. The van der Waals surface area contributed by atoms with Crippen LogP contribution < -0.4 is 5.73 Å². The van der Waals surface area contributed by atoms with Gasteiger partial charge in [0, 0.05) is 7.05 Å². The number of nitrogens with zero attached hydrogens (tertiary/aromatic N) is 1. The molecule has 0 aliphatic rings. The first kappa shape index (κ1) is 13.9. The van der Waals surface area contributed by atoms with E-state index in [4.69, 9.17) is 17.3 Å². The summed E-state index contributed by atoms with van der Waals surface area (Å²) in [5.74, 6) is 1.66. The van der Waals surface area contributed by atoms with Crippen LogP contribution >= 0.6 is 0 Å². The molecule has 0 bridgehead atoms. The van der Waals surface area contributed by atoms with E-state index in [9.17, 15) is 9.90 Å². The van der Waals surface area contributed by atoms with Crippen molar-refractivity contribution < 1.29 is 15.0 Å². The number of phenols is 2. The predicted octanol–water partition coefficient (Wildman–Crippen LogP) is 0.0592. The zero-order chi connectivity index (χ0) is 13.7. The minimum absolute atomic E-state index is 0.202. The first-order chi connectivity index (χ1) is 8.45. The number of carbonyl (C=O) groups excluding carboxylic acids is 1. The molecule has 18 heavy (non-hydrogen) atoms. The number of carbonyl (C=O) groups is 1. The van der Waals surface area contributed by atoms with Gasteiger partial charge in [0.1, 0.15) is 0 Å². The minimum atomic E-state index is -0.729. The number of nitrogens with two attached hydrogens (primary N) is 1. The van der Waals surface area contributed by atoms with Crippen molar-refractivity contribution in [3.8, 4) is 23.8 Å². The van der Waals surface area contributed by atoms with Crippen LogP contribution in [-0.2, 0) is 11.2 Å². The van der Waals surface area contributed by atoms with Crippen LogP contribution in [0.1, 0.15) is 5.56 Å². The molecule has 5 heteroatoms. The molecule has 0 aliphatic carbocycles. The lowest BCUT2D eigenvalue weighted by atomic mass is 10.0. The van der Waals surface area contributed by atoms with Crippen molar-refractivity contribution in [1.29, 1.82) is 0 Å². The van der Waals surface area contributed by atoms with E-state index in [0.717, 1.165) is 0 Å². The molecule has 0 heterocycles. The van der Waals surface area contributed by atoms with Crippen molar-refractivity contribution in [2.75, 3.05) is 13.6 Å². The van der Waals surface area contributed by atoms with Crippen LogP contribution in [0.25, 0.3) is 0 Å². The van der Waals surface area contributed by atoms with Gasteiger partial charge in [-0.2, -0.15) is 0 Å². The fourth-order valence-corrected chi connectivity index (χ4v) is 1.54. The van der Waals surface area contributed by atoms with E-state index >= 15 is 0 Å². The number of aromatic hydroxyl groups is 2. The van der Waals surface area contributed by atoms with E-state index in [1.807, 2.05) is 0 Å². The second kappa shape index (κ2) is 5.94. The van der Waals surface area contributed by atoms with Crippen molar-refractivity contribution in [2.24, 2.45) is 5.73 Å². The monoisotopic (exact) mass is 248 g/mol. The zero-order valence-electron chi connectivity index (χ0n) is 10.1. The van der Waals surface area contributed by atoms with E-state index < -0.39 is 6.04 Å². The molecule has 5 nitrogen and oxygen atoms in total. The number of phenolic OH excluding ortho intramolecular Hbond substituents is 2. The Balaban J connectivity index is 2.69. The topological polar surface area (TPSA) is 86.8 Å².